The van der Waals surface area contributed by atoms with Crippen molar-refractivity contribution in [2.45, 2.75) is 40.5 Å². The summed E-state index contributed by atoms with van der Waals surface area (Å²) >= 11 is 0. The number of rotatable bonds is 6. The molecule has 3 aromatic rings. The van der Waals surface area contributed by atoms with Gasteiger partial charge in [0.1, 0.15) is 29.0 Å². The monoisotopic (exact) mass is 435 g/mol. The number of aryl methyl sites for hydroxylation is 4. The van der Waals surface area contributed by atoms with Gasteiger partial charge < -0.3 is 19.6 Å². The van der Waals surface area contributed by atoms with E-state index in [0.29, 0.717) is 37.6 Å². The minimum absolute atomic E-state index is 0.163. The number of piperazine rings is 1. The molecule has 1 aliphatic heterocycles. The Morgan fingerprint density at radius 2 is 1.84 bits per heavy atom. The van der Waals surface area contributed by atoms with E-state index < -0.39 is 0 Å². The zero-order valence-corrected chi connectivity index (χ0v) is 19.1. The van der Waals surface area contributed by atoms with Crippen molar-refractivity contribution in [2.24, 2.45) is 0 Å². The standard InChI is InChI=1S/C23H29N7O2/c1-15-7-8-24-20(13-15)27-21-14-22(26-18(4)25-21)29-9-11-30(12-10-29)23(31)6-5-19-16(2)28-32-17(19)3/h7-8,13-14H,5-6,9-12H2,1-4H3,(H,24,25,26,27). The van der Waals surface area contributed by atoms with Crippen molar-refractivity contribution in [3.8, 4) is 0 Å². The number of anilines is 3. The summed E-state index contributed by atoms with van der Waals surface area (Å²) in [5.74, 6) is 3.97. The summed E-state index contributed by atoms with van der Waals surface area (Å²) in [6.45, 7) is 10.5. The largest absolute Gasteiger partial charge is 0.361 e. The Balaban J connectivity index is 1.35. The van der Waals surface area contributed by atoms with Crippen molar-refractivity contribution >= 4 is 23.4 Å². The Morgan fingerprint density at radius 3 is 2.53 bits per heavy atom. The molecule has 1 fully saturated rings. The second kappa shape index (κ2) is 9.33. The van der Waals surface area contributed by atoms with Crippen molar-refractivity contribution in [3.63, 3.8) is 0 Å². The van der Waals surface area contributed by atoms with Crippen molar-refractivity contribution in [1.82, 2.24) is 25.0 Å². The van der Waals surface area contributed by atoms with Gasteiger partial charge in [-0.25, -0.2) is 15.0 Å². The van der Waals surface area contributed by atoms with Crippen LogP contribution in [0.1, 0.15) is 34.8 Å². The lowest BCUT2D eigenvalue weighted by Gasteiger charge is -2.35. The molecule has 0 aliphatic carbocycles. The smallest absolute Gasteiger partial charge is 0.223 e. The first kappa shape index (κ1) is 21.7. The first-order valence-electron chi connectivity index (χ1n) is 10.9. The fourth-order valence-corrected chi connectivity index (χ4v) is 3.95. The lowest BCUT2D eigenvalue weighted by Crippen LogP contribution is -2.49. The molecule has 0 aromatic carbocycles. The first-order valence-corrected chi connectivity index (χ1v) is 10.9. The van der Waals surface area contributed by atoms with Crippen LogP contribution < -0.4 is 10.2 Å². The molecular weight excluding hydrogens is 406 g/mol. The Bertz CT molecular complexity index is 1080. The summed E-state index contributed by atoms with van der Waals surface area (Å²) in [4.78, 5) is 30.3. The summed E-state index contributed by atoms with van der Waals surface area (Å²) < 4.78 is 5.20. The SMILES string of the molecule is Cc1ccnc(Nc2cc(N3CCN(C(=O)CCc4c(C)noc4C)CC3)nc(C)n2)c1. The summed E-state index contributed by atoms with van der Waals surface area (Å²) in [5, 5.41) is 7.23. The van der Waals surface area contributed by atoms with Crippen LogP contribution in [0.25, 0.3) is 0 Å². The van der Waals surface area contributed by atoms with E-state index in [1.165, 1.54) is 0 Å². The fraction of sp³-hybridized carbons (Fsp3) is 0.435. The van der Waals surface area contributed by atoms with Crippen LogP contribution in [-0.4, -0.2) is 57.1 Å². The number of hydrogen-bond donors (Lipinski definition) is 1. The number of pyridine rings is 1. The molecule has 9 heteroatoms. The van der Waals surface area contributed by atoms with Crippen LogP contribution in [0.15, 0.2) is 28.9 Å². The van der Waals surface area contributed by atoms with Crippen molar-refractivity contribution < 1.29 is 9.32 Å². The Labute approximate surface area is 187 Å². The van der Waals surface area contributed by atoms with Gasteiger partial charge in [0.2, 0.25) is 5.91 Å². The molecule has 0 radical (unpaired) electrons. The first-order chi connectivity index (χ1) is 15.4. The maximum Gasteiger partial charge on any atom is 0.223 e. The van der Waals surface area contributed by atoms with Crippen molar-refractivity contribution in [2.75, 3.05) is 36.4 Å². The molecule has 0 unspecified atom stereocenters. The van der Waals surface area contributed by atoms with Crippen molar-refractivity contribution in [3.05, 3.63) is 52.8 Å². The Hall–Kier alpha value is -3.49. The molecule has 1 amide bonds. The highest BCUT2D eigenvalue weighted by atomic mass is 16.5. The van der Waals surface area contributed by atoms with Gasteiger partial charge in [-0.1, -0.05) is 5.16 Å². The lowest BCUT2D eigenvalue weighted by atomic mass is 10.1. The molecule has 0 saturated carbocycles. The molecule has 1 saturated heterocycles. The van der Waals surface area contributed by atoms with E-state index >= 15 is 0 Å². The van der Waals surface area contributed by atoms with Crippen LogP contribution in [0.4, 0.5) is 17.5 Å². The van der Waals surface area contributed by atoms with Gasteiger partial charge in [-0.3, -0.25) is 4.79 Å². The maximum absolute atomic E-state index is 12.7. The van der Waals surface area contributed by atoms with Crippen molar-refractivity contribution in [1.29, 1.82) is 0 Å². The van der Waals surface area contributed by atoms with Gasteiger partial charge in [0.05, 0.1) is 5.69 Å². The van der Waals surface area contributed by atoms with Gasteiger partial charge >= 0.3 is 0 Å². The molecule has 3 aromatic heterocycles. The fourth-order valence-electron chi connectivity index (χ4n) is 3.95. The molecule has 9 nitrogen and oxygen atoms in total. The van der Waals surface area contributed by atoms with Gasteiger partial charge in [-0.15, -0.1) is 0 Å². The van der Waals surface area contributed by atoms with Crippen LogP contribution in [-0.2, 0) is 11.2 Å². The van der Waals surface area contributed by atoms with E-state index in [1.54, 1.807) is 6.20 Å². The van der Waals surface area contributed by atoms with E-state index in [2.05, 4.69) is 30.3 Å². The molecule has 4 rings (SSSR count). The van der Waals surface area contributed by atoms with E-state index in [-0.39, 0.29) is 5.91 Å². The molecule has 0 atom stereocenters. The molecule has 1 N–H and O–H groups in total. The second-order valence-electron chi connectivity index (χ2n) is 8.17. The van der Waals surface area contributed by atoms with Gasteiger partial charge in [0.15, 0.2) is 0 Å². The normalized spacial score (nSPS) is 14.0. The Kier molecular flexibility index (Phi) is 6.34. The number of nitrogens with one attached hydrogen (secondary N) is 1. The predicted octanol–water partition coefficient (Wildman–Crippen LogP) is 3.12. The average molecular weight is 436 g/mol. The highest BCUT2D eigenvalue weighted by Gasteiger charge is 2.23. The van der Waals surface area contributed by atoms with E-state index in [9.17, 15) is 4.79 Å². The lowest BCUT2D eigenvalue weighted by molar-refractivity contribution is -0.131. The van der Waals surface area contributed by atoms with Crippen LogP contribution in [0, 0.1) is 27.7 Å². The summed E-state index contributed by atoms with van der Waals surface area (Å²) in [5.41, 5.74) is 3.03. The van der Waals surface area contributed by atoms with Gasteiger partial charge in [0, 0.05) is 50.4 Å². The topological polar surface area (TPSA) is 100 Å². The van der Waals surface area contributed by atoms with E-state index in [0.717, 1.165) is 47.3 Å². The Morgan fingerprint density at radius 1 is 1.06 bits per heavy atom. The predicted molar refractivity (Wildman–Crippen MR) is 122 cm³/mol. The minimum atomic E-state index is 0.163. The summed E-state index contributed by atoms with van der Waals surface area (Å²) in [7, 11) is 0. The highest BCUT2D eigenvalue weighted by molar-refractivity contribution is 5.77. The average Bonchev–Trinajstić information content (AvgIpc) is 3.09. The van der Waals surface area contributed by atoms with Crippen LogP contribution >= 0.6 is 0 Å². The maximum atomic E-state index is 12.7. The molecule has 4 heterocycles. The third-order valence-electron chi connectivity index (χ3n) is 5.72. The van der Waals surface area contributed by atoms with Gasteiger partial charge in [0.25, 0.3) is 0 Å². The summed E-state index contributed by atoms with van der Waals surface area (Å²) in [6.07, 6.45) is 2.90. The molecule has 0 bridgehead atoms. The molecule has 1 aliphatic rings. The molecular formula is C23H29N7O2. The number of amides is 1. The number of carbonyl (C=O) groups is 1. The van der Waals surface area contributed by atoms with Gasteiger partial charge in [-0.05, 0) is 51.8 Å². The van der Waals surface area contributed by atoms with Crippen LogP contribution in [0.3, 0.4) is 0 Å². The second-order valence-corrected chi connectivity index (χ2v) is 8.17. The number of nitrogens with zero attached hydrogens (tertiary/aromatic N) is 6. The van der Waals surface area contributed by atoms with Gasteiger partial charge in [-0.2, -0.15) is 0 Å². The highest BCUT2D eigenvalue weighted by Crippen LogP contribution is 2.21. The third-order valence-corrected chi connectivity index (χ3v) is 5.72. The van der Waals surface area contributed by atoms with Crippen LogP contribution in [0.5, 0.6) is 0 Å². The molecule has 168 valence electrons. The number of hydrogen-bond acceptors (Lipinski definition) is 8. The van der Waals surface area contributed by atoms with E-state index in [1.807, 2.05) is 50.8 Å². The molecule has 32 heavy (non-hydrogen) atoms. The number of aromatic nitrogens is 4. The van der Waals surface area contributed by atoms with Crippen LogP contribution in [0.2, 0.25) is 0 Å². The quantitative estimate of drug-likeness (QED) is 0.630. The summed E-state index contributed by atoms with van der Waals surface area (Å²) in [6, 6.07) is 5.87. The number of carbonyl (C=O) groups excluding carboxylic acids is 1. The zero-order valence-electron chi connectivity index (χ0n) is 19.1. The van der Waals surface area contributed by atoms with E-state index in [4.69, 9.17) is 4.52 Å². The molecule has 0 spiro atoms. The third kappa shape index (κ3) is 5.04. The minimum Gasteiger partial charge on any atom is -0.361 e. The zero-order chi connectivity index (χ0) is 22.7.